The average molecular weight is 906 g/mol. The van der Waals surface area contributed by atoms with Crippen molar-refractivity contribution in [1.82, 2.24) is 14.8 Å². The molecule has 1 aromatic heterocycles. The van der Waals surface area contributed by atoms with Crippen LogP contribution in [0.2, 0.25) is 18.1 Å². The fraction of sp³-hybridized carbons (Fsp3) is 0.812. The van der Waals surface area contributed by atoms with Crippen LogP contribution in [-0.2, 0) is 39.4 Å². The molecule has 0 bridgehead atoms. The van der Waals surface area contributed by atoms with Gasteiger partial charge in [-0.2, -0.15) is 0 Å². The second-order valence-corrected chi connectivity index (χ2v) is 28.1. The summed E-state index contributed by atoms with van der Waals surface area (Å²) in [6.07, 6.45) is 2.99. The predicted octanol–water partition coefficient (Wildman–Crippen LogP) is 11.1. The molecule has 62 heavy (non-hydrogen) atoms. The van der Waals surface area contributed by atoms with E-state index in [0.29, 0.717) is 36.1 Å². The zero-order valence-corrected chi connectivity index (χ0v) is 43.7. The van der Waals surface area contributed by atoms with Crippen LogP contribution >= 0.6 is 11.3 Å². The number of carbonyl (C=O) groups is 4. The van der Waals surface area contributed by atoms with E-state index in [1.165, 1.54) is 11.3 Å². The van der Waals surface area contributed by atoms with E-state index in [-0.39, 0.29) is 47.2 Å². The van der Waals surface area contributed by atoms with Crippen LogP contribution in [0.4, 0.5) is 9.59 Å². The number of carbonyl (C=O) groups excluding carboxylic acids is 4. The summed E-state index contributed by atoms with van der Waals surface area (Å²) in [5.74, 6) is -0.00620. The van der Waals surface area contributed by atoms with Gasteiger partial charge >= 0.3 is 18.2 Å². The van der Waals surface area contributed by atoms with Crippen molar-refractivity contribution in [3.05, 3.63) is 21.7 Å². The molecule has 0 N–H and O–H groups in total. The Kier molecular flexibility index (Phi) is 17.9. The van der Waals surface area contributed by atoms with Gasteiger partial charge in [-0.15, -0.1) is 11.3 Å². The van der Waals surface area contributed by atoms with Crippen molar-refractivity contribution in [2.75, 3.05) is 26.8 Å². The molecule has 2 aliphatic heterocycles. The molecule has 1 unspecified atom stereocenters. The first-order valence-electron chi connectivity index (χ1n) is 22.8. The highest BCUT2D eigenvalue weighted by molar-refractivity contribution is 7.09. The van der Waals surface area contributed by atoms with E-state index in [4.69, 9.17) is 28.4 Å². The van der Waals surface area contributed by atoms with E-state index >= 15 is 0 Å². The number of Topliss-reactive ketones (excluding diaryl/α,β-unsaturated/α-hetero) is 1. The van der Waals surface area contributed by atoms with Crippen molar-refractivity contribution in [3.8, 4) is 0 Å². The quantitative estimate of drug-likeness (QED) is 0.0961. The summed E-state index contributed by atoms with van der Waals surface area (Å²) in [5.41, 5.74) is -1.10. The molecule has 2 amide bonds. The molecule has 0 aromatic carbocycles. The minimum absolute atomic E-state index is 0.0188. The van der Waals surface area contributed by atoms with E-state index < -0.39 is 55.3 Å². The van der Waals surface area contributed by atoms with Gasteiger partial charge in [-0.25, -0.2) is 19.5 Å². The summed E-state index contributed by atoms with van der Waals surface area (Å²) in [7, 11) is -0.403. The first-order valence-corrected chi connectivity index (χ1v) is 26.6. The van der Waals surface area contributed by atoms with Gasteiger partial charge in [-0.3, -0.25) is 14.5 Å². The zero-order chi connectivity index (χ0) is 47.4. The second kappa shape index (κ2) is 20.7. The van der Waals surface area contributed by atoms with Crippen LogP contribution in [0, 0.1) is 23.2 Å². The molecule has 2 saturated heterocycles. The molecule has 1 aromatic rings. The Morgan fingerprint density at radius 2 is 1.58 bits per heavy atom. The lowest BCUT2D eigenvalue weighted by molar-refractivity contribution is -0.155. The van der Waals surface area contributed by atoms with Crippen LogP contribution in [0.5, 0.6) is 0 Å². The van der Waals surface area contributed by atoms with E-state index in [1.807, 2.05) is 39.2 Å². The van der Waals surface area contributed by atoms with Crippen LogP contribution in [-0.4, -0.2) is 109 Å². The van der Waals surface area contributed by atoms with Gasteiger partial charge in [0.15, 0.2) is 8.32 Å². The third kappa shape index (κ3) is 14.4. The Morgan fingerprint density at radius 3 is 2.11 bits per heavy atom. The number of hydrogen-bond acceptors (Lipinski definition) is 12. The van der Waals surface area contributed by atoms with E-state index in [1.54, 1.807) is 48.7 Å². The molecule has 0 radical (unpaired) electrons. The fourth-order valence-corrected chi connectivity index (χ4v) is 10.1. The van der Waals surface area contributed by atoms with Gasteiger partial charge in [-0.1, -0.05) is 68.2 Å². The van der Waals surface area contributed by atoms with Crippen molar-refractivity contribution in [2.45, 2.75) is 202 Å². The Morgan fingerprint density at radius 1 is 1.00 bits per heavy atom. The van der Waals surface area contributed by atoms with Crippen LogP contribution in [0.15, 0.2) is 11.0 Å². The van der Waals surface area contributed by atoms with Crippen LogP contribution in [0.3, 0.4) is 0 Å². The number of cyclic esters (lactones) is 1. The fourth-order valence-electron chi connectivity index (χ4n) is 8.27. The molecule has 2 aliphatic rings. The summed E-state index contributed by atoms with van der Waals surface area (Å²) >= 11 is 1.42. The third-order valence-corrected chi connectivity index (χ3v) is 19.2. The summed E-state index contributed by atoms with van der Waals surface area (Å²) in [4.78, 5) is 62.8. The molecule has 0 saturated carbocycles. The number of nitrogens with zero attached hydrogens (tertiary/aromatic N) is 3. The number of imide groups is 1. The molecule has 3 heterocycles. The highest BCUT2D eigenvalue weighted by Crippen LogP contribution is 2.49. The number of esters is 1. The Labute approximate surface area is 379 Å². The summed E-state index contributed by atoms with van der Waals surface area (Å²) in [5, 5.41) is 2.74. The highest BCUT2D eigenvalue weighted by atomic mass is 32.1. The SMILES string of the molecule is CO[C@H]1CC(=O)O[C@H](/C(C)=C/c2csc(CCN(C(=O)OC(C)(C)C)C(=O)OC(C)(C)C)n2)C[C@@H]2N(CCO[Si](C)(C)C(C)(C)C)[C@]2(C)CCC[C@H](C)[C@H](C)[C@@H](C)C(=O)C1(C)C. The lowest BCUT2D eigenvalue weighted by Crippen LogP contribution is -2.45. The van der Waals surface area contributed by atoms with Gasteiger partial charge in [0.2, 0.25) is 0 Å². The monoisotopic (exact) mass is 906 g/mol. The summed E-state index contributed by atoms with van der Waals surface area (Å²) in [6, 6.07) is 0.153. The molecule has 8 atom stereocenters. The molecule has 0 spiro atoms. The lowest BCUT2D eigenvalue weighted by Gasteiger charge is -2.36. The topological polar surface area (TPSA) is 134 Å². The Bertz CT molecular complexity index is 1710. The molecule has 0 aliphatic carbocycles. The zero-order valence-electron chi connectivity index (χ0n) is 41.9. The van der Waals surface area contributed by atoms with Gasteiger partial charge in [0, 0.05) is 62.5 Å². The molecular weight excluding hydrogens is 823 g/mol. The Hall–Kier alpha value is -2.65. The van der Waals surface area contributed by atoms with Gasteiger partial charge in [0.1, 0.15) is 23.1 Å². The minimum Gasteiger partial charge on any atom is -0.458 e. The number of rotatable bonds is 10. The van der Waals surface area contributed by atoms with Crippen molar-refractivity contribution in [3.63, 3.8) is 0 Å². The van der Waals surface area contributed by atoms with Gasteiger partial charge in [-0.05, 0) is 103 Å². The van der Waals surface area contributed by atoms with E-state index in [2.05, 4.69) is 59.5 Å². The number of amides is 2. The smallest absolute Gasteiger partial charge is 0.419 e. The molecule has 354 valence electrons. The van der Waals surface area contributed by atoms with Gasteiger partial charge in [0.25, 0.3) is 0 Å². The van der Waals surface area contributed by atoms with Crippen LogP contribution in [0.25, 0.3) is 6.08 Å². The minimum atomic E-state index is -1.96. The molecule has 3 rings (SSSR count). The van der Waals surface area contributed by atoms with Crippen molar-refractivity contribution in [1.29, 1.82) is 0 Å². The van der Waals surface area contributed by atoms with E-state index in [9.17, 15) is 19.2 Å². The number of aromatic nitrogens is 1. The number of methoxy groups -OCH3 is 1. The standard InChI is InChI=1S/C48H83N3O9SSi/c1-31-21-20-23-48(16)37(51(48)25-26-57-62(18,19)46(11,12)13)28-36(58-40(52)29-38(56-17)47(14,15)41(53)34(4)33(31)3)32(2)27-35-30-61-39(49-35)22-24-50(42(54)59-44(5,6)7)43(55)60-45(8,9)10/h27,30-31,33-34,36-38H,20-26,28-29H2,1-19H3/b32-27+/t31-,33-,34+,36-,37-,38-,48+,51?/m0/s1. The van der Waals surface area contributed by atoms with Crippen molar-refractivity contribution >= 4 is 49.7 Å². The summed E-state index contributed by atoms with van der Waals surface area (Å²) in [6.45, 7) is 37.8. The highest BCUT2D eigenvalue weighted by Gasteiger charge is 2.58. The van der Waals surface area contributed by atoms with E-state index in [0.717, 1.165) is 36.3 Å². The molecule has 2 fully saturated rings. The Balaban J connectivity index is 1.97. The summed E-state index contributed by atoms with van der Waals surface area (Å²) < 4.78 is 30.1. The lowest BCUT2D eigenvalue weighted by atomic mass is 9.70. The predicted molar refractivity (Wildman–Crippen MR) is 251 cm³/mol. The largest absolute Gasteiger partial charge is 0.458 e. The van der Waals surface area contributed by atoms with Gasteiger partial charge < -0.3 is 23.4 Å². The number of thiazole rings is 1. The van der Waals surface area contributed by atoms with Gasteiger partial charge in [0.05, 0.1) is 28.6 Å². The normalized spacial score (nSPS) is 28.4. The molecular formula is C48H83N3O9SSi. The first-order chi connectivity index (χ1) is 28.2. The number of ketones is 1. The molecule has 14 heteroatoms. The third-order valence-electron chi connectivity index (χ3n) is 13.7. The van der Waals surface area contributed by atoms with Crippen molar-refractivity contribution < 1.29 is 42.6 Å². The number of hydrogen-bond donors (Lipinski definition) is 0. The average Bonchev–Trinajstić information content (AvgIpc) is 3.40. The van der Waals surface area contributed by atoms with Crippen LogP contribution in [0.1, 0.15) is 154 Å². The first kappa shape index (κ1) is 53.7. The maximum absolute atomic E-state index is 14.1. The van der Waals surface area contributed by atoms with Crippen LogP contribution < -0.4 is 0 Å². The maximum Gasteiger partial charge on any atom is 0.419 e. The number of fused-ring (bicyclic) bond motifs is 1. The van der Waals surface area contributed by atoms with Crippen molar-refractivity contribution in [2.24, 2.45) is 23.2 Å². The molecule has 12 nitrogen and oxygen atoms in total. The second-order valence-electron chi connectivity index (χ2n) is 22.3. The number of ether oxygens (including phenoxy) is 4. The maximum atomic E-state index is 14.1.